The van der Waals surface area contributed by atoms with Gasteiger partial charge < -0.3 is 15.7 Å². The standard InChI is InChI=1S/C24H16Cl2N2O4S/c25-15-8-5-13(6-9-15)12-27-22(29)14-7-10-16(24(31)32)18(11-14)28-23(30)21-20(26)17-3-1-2-4-19(17)33-21/h1-11H,12H2,(H,27,29)(H,28,30)(H,31,32). The molecule has 0 saturated carbocycles. The summed E-state index contributed by atoms with van der Waals surface area (Å²) in [4.78, 5) is 37.5. The Morgan fingerprint density at radius 2 is 1.64 bits per heavy atom. The molecule has 0 fully saturated rings. The molecule has 6 nitrogen and oxygen atoms in total. The number of fused-ring (bicyclic) bond motifs is 1. The van der Waals surface area contributed by atoms with Crippen molar-refractivity contribution in [2.45, 2.75) is 6.54 Å². The van der Waals surface area contributed by atoms with Gasteiger partial charge in [0.25, 0.3) is 11.8 Å². The SMILES string of the molecule is O=C(NCc1ccc(Cl)cc1)c1ccc(C(=O)O)c(NC(=O)c2sc3ccccc3c2Cl)c1. The molecule has 0 atom stereocenters. The largest absolute Gasteiger partial charge is 0.478 e. The lowest BCUT2D eigenvalue weighted by Crippen LogP contribution is -2.23. The Bertz CT molecular complexity index is 1380. The number of rotatable bonds is 6. The molecule has 0 aliphatic rings. The van der Waals surface area contributed by atoms with Crippen LogP contribution in [0.2, 0.25) is 10.0 Å². The van der Waals surface area contributed by atoms with E-state index in [2.05, 4.69) is 10.6 Å². The zero-order valence-corrected chi connectivity index (χ0v) is 19.2. The first-order valence-electron chi connectivity index (χ1n) is 9.72. The lowest BCUT2D eigenvalue weighted by atomic mass is 10.1. The molecular formula is C24H16Cl2N2O4S. The number of hydrogen-bond donors (Lipinski definition) is 3. The van der Waals surface area contributed by atoms with Crippen molar-refractivity contribution in [2.24, 2.45) is 0 Å². The van der Waals surface area contributed by atoms with E-state index < -0.39 is 17.8 Å². The predicted molar refractivity (Wildman–Crippen MR) is 131 cm³/mol. The van der Waals surface area contributed by atoms with Crippen molar-refractivity contribution in [3.63, 3.8) is 0 Å². The highest BCUT2D eigenvalue weighted by Gasteiger charge is 2.21. The number of halogens is 2. The van der Waals surface area contributed by atoms with Crippen LogP contribution in [0.3, 0.4) is 0 Å². The van der Waals surface area contributed by atoms with Gasteiger partial charge in [0.1, 0.15) is 4.88 Å². The summed E-state index contributed by atoms with van der Waals surface area (Å²) in [7, 11) is 0. The summed E-state index contributed by atoms with van der Waals surface area (Å²) in [5.74, 6) is -2.21. The number of aromatic carboxylic acids is 1. The Morgan fingerprint density at radius 3 is 2.33 bits per heavy atom. The first-order valence-corrected chi connectivity index (χ1v) is 11.3. The number of anilines is 1. The number of carboxylic acid groups (broad SMARTS) is 1. The van der Waals surface area contributed by atoms with Crippen LogP contribution in [0.4, 0.5) is 5.69 Å². The fourth-order valence-electron chi connectivity index (χ4n) is 3.20. The number of amides is 2. The van der Waals surface area contributed by atoms with E-state index in [4.69, 9.17) is 23.2 Å². The molecular weight excluding hydrogens is 483 g/mol. The highest BCUT2D eigenvalue weighted by molar-refractivity contribution is 7.21. The zero-order valence-electron chi connectivity index (χ0n) is 16.9. The molecule has 3 aromatic carbocycles. The van der Waals surface area contributed by atoms with Crippen LogP contribution in [0.1, 0.15) is 36.0 Å². The van der Waals surface area contributed by atoms with Crippen LogP contribution in [-0.4, -0.2) is 22.9 Å². The highest BCUT2D eigenvalue weighted by Crippen LogP contribution is 2.35. The lowest BCUT2D eigenvalue weighted by molar-refractivity contribution is 0.0697. The molecule has 1 heterocycles. The van der Waals surface area contributed by atoms with E-state index >= 15 is 0 Å². The molecule has 9 heteroatoms. The van der Waals surface area contributed by atoms with E-state index in [9.17, 15) is 19.5 Å². The quantitative estimate of drug-likeness (QED) is 0.299. The van der Waals surface area contributed by atoms with Gasteiger partial charge in [-0.2, -0.15) is 0 Å². The van der Waals surface area contributed by atoms with Gasteiger partial charge in [-0.05, 0) is 42.0 Å². The van der Waals surface area contributed by atoms with E-state index in [-0.39, 0.29) is 28.2 Å². The molecule has 3 N–H and O–H groups in total. The molecule has 1 aromatic heterocycles. The third kappa shape index (κ3) is 5.01. The van der Waals surface area contributed by atoms with Gasteiger partial charge in [0.05, 0.1) is 16.3 Å². The fourth-order valence-corrected chi connectivity index (χ4v) is 4.74. The number of benzene rings is 3. The topological polar surface area (TPSA) is 95.5 Å². The van der Waals surface area contributed by atoms with E-state index in [1.807, 2.05) is 18.2 Å². The molecule has 0 unspecified atom stereocenters. The van der Waals surface area contributed by atoms with Gasteiger partial charge >= 0.3 is 5.97 Å². The second-order valence-corrected chi connectivity index (χ2v) is 8.94. The number of carboxylic acids is 1. The average molecular weight is 499 g/mol. The van der Waals surface area contributed by atoms with Crippen molar-refractivity contribution in [2.75, 3.05) is 5.32 Å². The minimum atomic E-state index is -1.24. The van der Waals surface area contributed by atoms with Gasteiger partial charge in [-0.15, -0.1) is 11.3 Å². The van der Waals surface area contributed by atoms with Crippen LogP contribution >= 0.6 is 34.5 Å². The van der Waals surface area contributed by atoms with Gasteiger partial charge in [0.2, 0.25) is 0 Å². The molecule has 0 radical (unpaired) electrons. The molecule has 0 aliphatic carbocycles. The van der Waals surface area contributed by atoms with Gasteiger partial charge in [-0.1, -0.05) is 53.5 Å². The van der Waals surface area contributed by atoms with E-state index in [0.29, 0.717) is 10.0 Å². The number of carbonyl (C=O) groups is 3. The van der Waals surface area contributed by atoms with Crippen molar-refractivity contribution >= 4 is 68.1 Å². The Morgan fingerprint density at radius 1 is 0.909 bits per heavy atom. The van der Waals surface area contributed by atoms with E-state index in [1.165, 1.54) is 29.5 Å². The Balaban J connectivity index is 1.57. The van der Waals surface area contributed by atoms with Gasteiger partial charge in [0, 0.05) is 27.2 Å². The summed E-state index contributed by atoms with van der Waals surface area (Å²) in [6, 6.07) is 18.3. The molecule has 4 aromatic rings. The summed E-state index contributed by atoms with van der Waals surface area (Å²) in [6.07, 6.45) is 0. The second kappa shape index (κ2) is 9.62. The van der Waals surface area contributed by atoms with Crippen LogP contribution in [0.5, 0.6) is 0 Å². The molecule has 33 heavy (non-hydrogen) atoms. The summed E-state index contributed by atoms with van der Waals surface area (Å²) in [6.45, 7) is 0.260. The number of carbonyl (C=O) groups excluding carboxylic acids is 2. The van der Waals surface area contributed by atoms with Crippen molar-refractivity contribution in [3.05, 3.63) is 98.3 Å². The van der Waals surface area contributed by atoms with Crippen molar-refractivity contribution in [1.29, 1.82) is 0 Å². The monoisotopic (exact) mass is 498 g/mol. The Hall–Kier alpha value is -3.39. The molecule has 4 rings (SSSR count). The maximum absolute atomic E-state index is 12.9. The smallest absolute Gasteiger partial charge is 0.337 e. The van der Waals surface area contributed by atoms with Crippen LogP contribution < -0.4 is 10.6 Å². The first kappa shape index (κ1) is 22.8. The van der Waals surface area contributed by atoms with E-state index in [1.54, 1.807) is 30.3 Å². The molecule has 0 spiro atoms. The average Bonchev–Trinajstić information content (AvgIpc) is 3.15. The third-order valence-corrected chi connectivity index (χ3v) is 6.79. The molecule has 166 valence electrons. The zero-order chi connectivity index (χ0) is 23.5. The third-order valence-electron chi connectivity index (χ3n) is 4.87. The fraction of sp³-hybridized carbons (Fsp3) is 0.0417. The second-order valence-electron chi connectivity index (χ2n) is 7.07. The number of hydrogen-bond acceptors (Lipinski definition) is 4. The number of nitrogens with one attached hydrogen (secondary N) is 2. The molecule has 0 bridgehead atoms. The van der Waals surface area contributed by atoms with Crippen LogP contribution in [0, 0.1) is 0 Å². The van der Waals surface area contributed by atoms with Gasteiger partial charge in [-0.3, -0.25) is 9.59 Å². The Labute approximate surface area is 202 Å². The molecule has 0 aliphatic heterocycles. The lowest BCUT2D eigenvalue weighted by Gasteiger charge is -2.11. The number of thiophene rings is 1. The molecule has 2 amide bonds. The van der Waals surface area contributed by atoms with Crippen molar-refractivity contribution in [1.82, 2.24) is 5.32 Å². The first-order chi connectivity index (χ1) is 15.8. The van der Waals surface area contributed by atoms with Crippen LogP contribution in [-0.2, 0) is 6.54 Å². The maximum atomic E-state index is 12.9. The highest BCUT2D eigenvalue weighted by atomic mass is 35.5. The summed E-state index contributed by atoms with van der Waals surface area (Å²) in [5, 5.41) is 16.5. The van der Waals surface area contributed by atoms with E-state index in [0.717, 1.165) is 15.6 Å². The van der Waals surface area contributed by atoms with Gasteiger partial charge in [-0.25, -0.2) is 4.79 Å². The summed E-state index contributed by atoms with van der Waals surface area (Å²) in [5.41, 5.74) is 0.907. The minimum Gasteiger partial charge on any atom is -0.478 e. The minimum absolute atomic E-state index is 0.000153. The van der Waals surface area contributed by atoms with Crippen LogP contribution in [0.15, 0.2) is 66.7 Å². The predicted octanol–water partition coefficient (Wildman–Crippen LogP) is 6.09. The summed E-state index contributed by atoms with van der Waals surface area (Å²) < 4.78 is 0.835. The van der Waals surface area contributed by atoms with Crippen molar-refractivity contribution < 1.29 is 19.5 Å². The normalized spacial score (nSPS) is 10.7. The van der Waals surface area contributed by atoms with Crippen molar-refractivity contribution in [3.8, 4) is 0 Å². The Kier molecular flexibility index (Phi) is 6.65. The molecule has 0 saturated heterocycles. The van der Waals surface area contributed by atoms with Gasteiger partial charge in [0.15, 0.2) is 0 Å². The maximum Gasteiger partial charge on any atom is 0.337 e. The summed E-state index contributed by atoms with van der Waals surface area (Å²) >= 11 is 13.4. The van der Waals surface area contributed by atoms with Crippen LogP contribution in [0.25, 0.3) is 10.1 Å².